The Balaban J connectivity index is 0.000000606. The number of aliphatic hydroxyl groups excluding tert-OH is 1. The Labute approximate surface area is 94.8 Å². The third-order valence-electron chi connectivity index (χ3n) is 2.40. The fraction of sp³-hybridized carbons (Fsp3) is 0.333. The molecule has 0 fully saturated rings. The lowest BCUT2D eigenvalue weighted by Crippen LogP contribution is -2.04. The maximum absolute atomic E-state index is 11.2. The molecule has 0 bridgehead atoms. The van der Waals surface area contributed by atoms with Crippen LogP contribution in [-0.4, -0.2) is 23.0 Å². The summed E-state index contributed by atoms with van der Waals surface area (Å²) in [6.07, 6.45) is 7.54. The molecule has 0 saturated heterocycles. The van der Waals surface area contributed by atoms with Crippen molar-refractivity contribution in [1.82, 2.24) is 4.98 Å². The van der Waals surface area contributed by atoms with Crippen LogP contribution in [0.3, 0.4) is 0 Å². The number of rotatable bonds is 1. The van der Waals surface area contributed by atoms with Crippen LogP contribution in [0.15, 0.2) is 24.5 Å². The smallest absolute Gasteiger partial charge is 0.155 e. The van der Waals surface area contributed by atoms with Crippen molar-refractivity contribution in [3.8, 4) is 0 Å². The Morgan fingerprint density at radius 2 is 2.12 bits per heavy atom. The molecule has 0 radical (unpaired) electrons. The molecular formula is C12H16N2O2. The molecule has 4 heteroatoms. The Kier molecular flexibility index (Phi) is 4.66. The topological polar surface area (TPSA) is 76.2 Å². The highest BCUT2D eigenvalue weighted by Crippen LogP contribution is 2.28. The summed E-state index contributed by atoms with van der Waals surface area (Å²) in [6.45, 7) is 0. The fourth-order valence-corrected chi connectivity index (χ4v) is 1.70. The van der Waals surface area contributed by atoms with Gasteiger partial charge in [0.05, 0.1) is 11.9 Å². The van der Waals surface area contributed by atoms with Crippen LogP contribution >= 0.6 is 0 Å². The summed E-state index contributed by atoms with van der Waals surface area (Å²) in [5, 5.41) is 7.00. The second kappa shape index (κ2) is 6.02. The van der Waals surface area contributed by atoms with E-state index in [1.54, 1.807) is 18.5 Å². The van der Waals surface area contributed by atoms with Gasteiger partial charge >= 0.3 is 0 Å². The van der Waals surface area contributed by atoms with Crippen molar-refractivity contribution in [3.05, 3.63) is 30.1 Å². The van der Waals surface area contributed by atoms with E-state index >= 15 is 0 Å². The lowest BCUT2D eigenvalue weighted by atomic mass is 9.93. The van der Waals surface area contributed by atoms with Gasteiger partial charge in [-0.25, -0.2) is 0 Å². The van der Waals surface area contributed by atoms with E-state index in [4.69, 9.17) is 10.8 Å². The van der Waals surface area contributed by atoms with E-state index in [-0.39, 0.29) is 5.78 Å². The van der Waals surface area contributed by atoms with E-state index in [1.807, 2.05) is 6.07 Å². The van der Waals surface area contributed by atoms with Gasteiger partial charge in [0.25, 0.3) is 0 Å². The van der Waals surface area contributed by atoms with Crippen molar-refractivity contribution in [2.24, 2.45) is 0 Å². The number of hydrogen-bond donors (Lipinski definition) is 2. The number of ketones is 1. The zero-order valence-corrected chi connectivity index (χ0v) is 9.31. The lowest BCUT2D eigenvalue weighted by molar-refractivity contribution is -0.114. The maximum Gasteiger partial charge on any atom is 0.155 e. The number of aromatic nitrogens is 1. The van der Waals surface area contributed by atoms with Crippen molar-refractivity contribution < 1.29 is 9.90 Å². The van der Waals surface area contributed by atoms with E-state index < -0.39 is 0 Å². The molecular weight excluding hydrogens is 204 g/mol. The van der Waals surface area contributed by atoms with Gasteiger partial charge in [0.2, 0.25) is 0 Å². The standard InChI is InChI=1S/C11H12N2O.CH4O/c12-11-7-13-5-4-10(11)8-2-1-3-9(14)6-8;1-2/h4-7H,1-3,12H2;2H,1H3. The zero-order valence-electron chi connectivity index (χ0n) is 9.31. The molecule has 1 aliphatic rings. The van der Waals surface area contributed by atoms with Gasteiger partial charge < -0.3 is 10.8 Å². The molecule has 1 aliphatic carbocycles. The van der Waals surface area contributed by atoms with Crippen molar-refractivity contribution in [2.75, 3.05) is 12.8 Å². The Bertz CT molecular complexity index is 400. The minimum absolute atomic E-state index is 0.197. The minimum atomic E-state index is 0.197. The Morgan fingerprint density at radius 1 is 1.38 bits per heavy atom. The van der Waals surface area contributed by atoms with Crippen LogP contribution in [0, 0.1) is 0 Å². The largest absolute Gasteiger partial charge is 0.400 e. The van der Waals surface area contributed by atoms with Crippen molar-refractivity contribution in [2.45, 2.75) is 19.3 Å². The zero-order chi connectivity index (χ0) is 12.0. The summed E-state index contributed by atoms with van der Waals surface area (Å²) >= 11 is 0. The van der Waals surface area contributed by atoms with Crippen LogP contribution in [0.1, 0.15) is 24.8 Å². The molecule has 1 aromatic heterocycles. The Morgan fingerprint density at radius 3 is 2.75 bits per heavy atom. The number of hydrogen-bond acceptors (Lipinski definition) is 4. The summed E-state index contributed by atoms with van der Waals surface area (Å²) in [5.41, 5.74) is 8.42. The van der Waals surface area contributed by atoms with Gasteiger partial charge in [0.15, 0.2) is 5.78 Å². The number of anilines is 1. The number of nitrogen functional groups attached to an aromatic ring is 1. The average Bonchev–Trinajstić information content (AvgIpc) is 2.32. The molecule has 0 aliphatic heterocycles. The van der Waals surface area contributed by atoms with Gasteiger partial charge in [-0.3, -0.25) is 9.78 Å². The molecule has 4 nitrogen and oxygen atoms in total. The van der Waals surface area contributed by atoms with E-state index in [2.05, 4.69) is 4.98 Å². The molecule has 0 amide bonds. The van der Waals surface area contributed by atoms with Gasteiger partial charge in [-0.05, 0) is 30.6 Å². The van der Waals surface area contributed by atoms with Crippen LogP contribution in [-0.2, 0) is 4.79 Å². The highest BCUT2D eigenvalue weighted by atomic mass is 16.2. The number of aliphatic hydroxyl groups is 1. The molecule has 0 saturated carbocycles. The SMILES string of the molecule is CO.Nc1cnccc1C1=CC(=O)CCC1. The number of nitrogens with two attached hydrogens (primary N) is 1. The quantitative estimate of drug-likeness (QED) is 0.750. The van der Waals surface area contributed by atoms with Gasteiger partial charge in [-0.2, -0.15) is 0 Å². The molecule has 16 heavy (non-hydrogen) atoms. The number of carbonyl (C=O) groups excluding carboxylic acids is 1. The van der Waals surface area contributed by atoms with Crippen molar-refractivity contribution in [1.29, 1.82) is 0 Å². The minimum Gasteiger partial charge on any atom is -0.400 e. The van der Waals surface area contributed by atoms with Crippen LogP contribution in [0.25, 0.3) is 5.57 Å². The van der Waals surface area contributed by atoms with E-state index in [1.165, 1.54) is 0 Å². The molecule has 0 spiro atoms. The summed E-state index contributed by atoms with van der Waals surface area (Å²) in [4.78, 5) is 15.1. The molecule has 2 rings (SSSR count). The summed E-state index contributed by atoms with van der Waals surface area (Å²) in [6, 6.07) is 1.86. The van der Waals surface area contributed by atoms with E-state index in [0.29, 0.717) is 12.1 Å². The summed E-state index contributed by atoms with van der Waals surface area (Å²) in [5.74, 6) is 0.197. The predicted octanol–water partition coefficient (Wildman–Crippen LogP) is 1.41. The second-order valence-corrected chi connectivity index (χ2v) is 3.45. The van der Waals surface area contributed by atoms with Gasteiger partial charge in [-0.1, -0.05) is 0 Å². The van der Waals surface area contributed by atoms with Crippen LogP contribution in [0.5, 0.6) is 0 Å². The first-order valence-electron chi connectivity index (χ1n) is 5.15. The Hall–Kier alpha value is -1.68. The first-order chi connectivity index (χ1) is 7.77. The molecule has 1 aromatic rings. The first kappa shape index (κ1) is 12.4. The third kappa shape index (κ3) is 2.90. The molecule has 3 N–H and O–H groups in total. The predicted molar refractivity (Wildman–Crippen MR) is 63.6 cm³/mol. The normalized spacial score (nSPS) is 14.9. The average molecular weight is 220 g/mol. The molecule has 1 heterocycles. The van der Waals surface area contributed by atoms with Crippen LogP contribution in [0.2, 0.25) is 0 Å². The number of pyridine rings is 1. The molecule has 0 aromatic carbocycles. The number of allylic oxidation sites excluding steroid dienone is 2. The fourth-order valence-electron chi connectivity index (χ4n) is 1.70. The monoisotopic (exact) mass is 220 g/mol. The van der Waals surface area contributed by atoms with Crippen molar-refractivity contribution in [3.63, 3.8) is 0 Å². The van der Waals surface area contributed by atoms with Gasteiger partial charge in [0.1, 0.15) is 0 Å². The number of carbonyl (C=O) groups is 1. The van der Waals surface area contributed by atoms with Crippen LogP contribution < -0.4 is 5.73 Å². The highest BCUT2D eigenvalue weighted by molar-refractivity contribution is 5.99. The molecule has 86 valence electrons. The summed E-state index contributed by atoms with van der Waals surface area (Å²) in [7, 11) is 1.00. The van der Waals surface area contributed by atoms with Crippen LogP contribution in [0.4, 0.5) is 5.69 Å². The van der Waals surface area contributed by atoms with Crippen molar-refractivity contribution >= 4 is 17.0 Å². The second-order valence-electron chi connectivity index (χ2n) is 3.45. The van der Waals surface area contributed by atoms with Gasteiger partial charge in [0, 0.05) is 25.3 Å². The van der Waals surface area contributed by atoms with Gasteiger partial charge in [-0.15, -0.1) is 0 Å². The lowest BCUT2D eigenvalue weighted by Gasteiger charge is -2.13. The number of nitrogens with zero attached hydrogens (tertiary/aromatic N) is 1. The van der Waals surface area contributed by atoms with E-state index in [9.17, 15) is 4.79 Å². The highest BCUT2D eigenvalue weighted by Gasteiger charge is 2.12. The maximum atomic E-state index is 11.2. The van der Waals surface area contributed by atoms with E-state index in [0.717, 1.165) is 31.1 Å². The third-order valence-corrected chi connectivity index (χ3v) is 2.40. The first-order valence-corrected chi connectivity index (χ1v) is 5.15. The summed E-state index contributed by atoms with van der Waals surface area (Å²) < 4.78 is 0. The molecule has 0 atom stereocenters. The molecule has 0 unspecified atom stereocenters.